The number of rotatable bonds is 6. The van der Waals surface area contributed by atoms with Crippen LogP contribution in [0.4, 0.5) is 0 Å². The summed E-state index contributed by atoms with van der Waals surface area (Å²) in [5, 5.41) is 3.32. The molecule has 0 amide bonds. The molecule has 0 bridgehead atoms. The second-order valence-corrected chi connectivity index (χ2v) is 5.81. The molecule has 96 valence electrons. The Balaban J connectivity index is 2.28. The van der Waals surface area contributed by atoms with Crippen molar-refractivity contribution in [2.45, 2.75) is 26.3 Å². The zero-order valence-corrected chi connectivity index (χ0v) is 11.9. The van der Waals surface area contributed by atoms with Gasteiger partial charge in [-0.25, -0.2) is 0 Å². The fourth-order valence-electron chi connectivity index (χ4n) is 1.48. The first-order valence-corrected chi connectivity index (χ1v) is 6.79. The molecule has 0 saturated carbocycles. The van der Waals surface area contributed by atoms with Gasteiger partial charge in [0.15, 0.2) is 0 Å². The van der Waals surface area contributed by atoms with Gasteiger partial charge in [-0.15, -0.1) is 11.3 Å². The highest BCUT2D eigenvalue weighted by molar-refractivity contribution is 7.16. The highest BCUT2D eigenvalue weighted by Gasteiger charge is 2.19. The van der Waals surface area contributed by atoms with E-state index in [1.54, 1.807) is 11.3 Å². The van der Waals surface area contributed by atoms with Crippen LogP contribution in [0.15, 0.2) is 12.1 Å². The standard InChI is InChI=1S/C12H18ClNO2S/c1-8(12(15)16-3)9(2)14-7-6-10-4-5-11(13)17-10/h4-5,8-9,14H,6-7H2,1-3H3. The van der Waals surface area contributed by atoms with Gasteiger partial charge >= 0.3 is 5.97 Å². The van der Waals surface area contributed by atoms with Crippen LogP contribution in [-0.2, 0) is 16.0 Å². The topological polar surface area (TPSA) is 38.3 Å². The number of methoxy groups -OCH3 is 1. The third-order valence-corrected chi connectivity index (χ3v) is 4.08. The smallest absolute Gasteiger partial charge is 0.309 e. The Labute approximate surface area is 111 Å². The van der Waals surface area contributed by atoms with Crippen LogP contribution in [0, 0.1) is 5.92 Å². The first-order chi connectivity index (χ1) is 8.04. The Bertz CT molecular complexity index is 367. The van der Waals surface area contributed by atoms with Gasteiger partial charge in [0.1, 0.15) is 0 Å². The summed E-state index contributed by atoms with van der Waals surface area (Å²) in [5.74, 6) is -0.309. The molecular formula is C12H18ClNO2S. The van der Waals surface area contributed by atoms with Crippen LogP contribution in [0.3, 0.4) is 0 Å². The average molecular weight is 276 g/mol. The molecule has 0 spiro atoms. The number of nitrogens with one attached hydrogen (secondary N) is 1. The van der Waals surface area contributed by atoms with Crippen LogP contribution >= 0.6 is 22.9 Å². The predicted octanol–water partition coefficient (Wildman–Crippen LogP) is 2.73. The Morgan fingerprint density at radius 3 is 2.76 bits per heavy atom. The first kappa shape index (κ1) is 14.5. The van der Waals surface area contributed by atoms with E-state index in [4.69, 9.17) is 16.3 Å². The van der Waals surface area contributed by atoms with Gasteiger partial charge in [-0.2, -0.15) is 0 Å². The lowest BCUT2D eigenvalue weighted by molar-refractivity contribution is -0.145. The maximum Gasteiger partial charge on any atom is 0.309 e. The molecule has 1 heterocycles. The van der Waals surface area contributed by atoms with E-state index in [1.165, 1.54) is 12.0 Å². The van der Waals surface area contributed by atoms with E-state index in [-0.39, 0.29) is 17.9 Å². The number of ether oxygens (including phenoxy) is 1. The van der Waals surface area contributed by atoms with Gasteiger partial charge in [0.25, 0.3) is 0 Å². The highest BCUT2D eigenvalue weighted by atomic mass is 35.5. The number of halogens is 1. The molecule has 3 nitrogen and oxygen atoms in total. The minimum Gasteiger partial charge on any atom is -0.469 e. The van der Waals surface area contributed by atoms with Crippen LogP contribution in [0.1, 0.15) is 18.7 Å². The summed E-state index contributed by atoms with van der Waals surface area (Å²) in [6.07, 6.45) is 0.926. The molecule has 0 aliphatic rings. The third-order valence-electron chi connectivity index (χ3n) is 2.79. The van der Waals surface area contributed by atoms with Crippen molar-refractivity contribution in [3.8, 4) is 0 Å². The van der Waals surface area contributed by atoms with E-state index in [9.17, 15) is 4.79 Å². The number of carbonyl (C=O) groups is 1. The Morgan fingerprint density at radius 1 is 1.53 bits per heavy atom. The van der Waals surface area contributed by atoms with E-state index in [0.29, 0.717) is 0 Å². The monoisotopic (exact) mass is 275 g/mol. The van der Waals surface area contributed by atoms with E-state index >= 15 is 0 Å². The molecule has 5 heteroatoms. The Kier molecular flexibility index (Phi) is 5.95. The van der Waals surface area contributed by atoms with Gasteiger partial charge < -0.3 is 10.1 Å². The summed E-state index contributed by atoms with van der Waals surface area (Å²) >= 11 is 7.44. The van der Waals surface area contributed by atoms with E-state index in [2.05, 4.69) is 5.32 Å². The number of hydrogen-bond acceptors (Lipinski definition) is 4. The van der Waals surface area contributed by atoms with Crippen LogP contribution < -0.4 is 5.32 Å². The number of thiophene rings is 1. The molecule has 1 rings (SSSR count). The Morgan fingerprint density at radius 2 is 2.24 bits per heavy atom. The second-order valence-electron chi connectivity index (χ2n) is 4.01. The molecule has 0 radical (unpaired) electrons. The van der Waals surface area contributed by atoms with Crippen LogP contribution in [-0.4, -0.2) is 25.7 Å². The van der Waals surface area contributed by atoms with Crippen molar-refractivity contribution in [1.82, 2.24) is 5.32 Å². The lowest BCUT2D eigenvalue weighted by atomic mass is 10.0. The van der Waals surface area contributed by atoms with Crippen molar-refractivity contribution in [1.29, 1.82) is 0 Å². The largest absolute Gasteiger partial charge is 0.469 e. The van der Waals surface area contributed by atoms with Crippen molar-refractivity contribution in [3.05, 3.63) is 21.3 Å². The normalized spacial score (nSPS) is 14.4. The predicted molar refractivity (Wildman–Crippen MR) is 71.7 cm³/mol. The van der Waals surface area contributed by atoms with Gasteiger partial charge in [0.2, 0.25) is 0 Å². The lowest BCUT2D eigenvalue weighted by Gasteiger charge is -2.18. The molecule has 1 N–H and O–H groups in total. The molecule has 1 aromatic rings. The molecule has 0 saturated heterocycles. The van der Waals surface area contributed by atoms with E-state index in [0.717, 1.165) is 17.3 Å². The summed E-state index contributed by atoms with van der Waals surface area (Å²) in [5.41, 5.74) is 0. The summed E-state index contributed by atoms with van der Waals surface area (Å²) < 4.78 is 5.52. The summed E-state index contributed by atoms with van der Waals surface area (Å²) in [6, 6.07) is 4.04. The maximum absolute atomic E-state index is 11.3. The third kappa shape index (κ3) is 4.66. The van der Waals surface area contributed by atoms with E-state index in [1.807, 2.05) is 26.0 Å². The molecule has 0 aliphatic carbocycles. The zero-order valence-electron chi connectivity index (χ0n) is 10.3. The van der Waals surface area contributed by atoms with Gasteiger partial charge in [0, 0.05) is 17.5 Å². The summed E-state index contributed by atoms with van der Waals surface area (Å²) in [7, 11) is 1.42. The van der Waals surface area contributed by atoms with Crippen LogP contribution in [0.5, 0.6) is 0 Å². The number of hydrogen-bond donors (Lipinski definition) is 1. The van der Waals surface area contributed by atoms with E-state index < -0.39 is 0 Å². The second kappa shape index (κ2) is 6.99. The first-order valence-electron chi connectivity index (χ1n) is 5.60. The summed E-state index contributed by atoms with van der Waals surface area (Å²) in [6.45, 7) is 4.69. The molecule has 0 aliphatic heterocycles. The van der Waals surface area contributed by atoms with Gasteiger partial charge in [-0.05, 0) is 25.5 Å². The van der Waals surface area contributed by atoms with Gasteiger partial charge in [0.05, 0.1) is 17.4 Å². The fourth-order valence-corrected chi connectivity index (χ4v) is 2.56. The molecule has 0 aromatic carbocycles. The van der Waals surface area contributed by atoms with Crippen molar-refractivity contribution in [3.63, 3.8) is 0 Å². The average Bonchev–Trinajstić information content (AvgIpc) is 2.72. The van der Waals surface area contributed by atoms with Crippen LogP contribution in [0.2, 0.25) is 4.34 Å². The number of carbonyl (C=O) groups excluding carboxylic acids is 1. The van der Waals surface area contributed by atoms with Crippen LogP contribution in [0.25, 0.3) is 0 Å². The zero-order chi connectivity index (χ0) is 12.8. The Hall–Kier alpha value is -0.580. The molecule has 0 fully saturated rings. The van der Waals surface area contributed by atoms with Crippen molar-refractivity contribution in [2.75, 3.05) is 13.7 Å². The SMILES string of the molecule is COC(=O)C(C)C(C)NCCc1ccc(Cl)s1. The van der Waals surface area contributed by atoms with Crippen molar-refractivity contribution >= 4 is 28.9 Å². The van der Waals surface area contributed by atoms with Crippen molar-refractivity contribution in [2.24, 2.45) is 5.92 Å². The maximum atomic E-state index is 11.3. The molecule has 2 atom stereocenters. The van der Waals surface area contributed by atoms with Crippen molar-refractivity contribution < 1.29 is 9.53 Å². The van der Waals surface area contributed by atoms with Gasteiger partial charge in [-0.3, -0.25) is 4.79 Å². The highest BCUT2D eigenvalue weighted by Crippen LogP contribution is 2.21. The van der Waals surface area contributed by atoms with Gasteiger partial charge in [-0.1, -0.05) is 18.5 Å². The molecule has 1 aromatic heterocycles. The number of esters is 1. The minimum absolute atomic E-state index is 0.109. The molecule has 2 unspecified atom stereocenters. The minimum atomic E-state index is -0.177. The molecule has 17 heavy (non-hydrogen) atoms. The quantitative estimate of drug-likeness (QED) is 0.812. The fraction of sp³-hybridized carbons (Fsp3) is 0.583. The lowest BCUT2D eigenvalue weighted by Crippen LogP contribution is -2.37. The molecular weight excluding hydrogens is 258 g/mol. The summed E-state index contributed by atoms with van der Waals surface area (Å²) in [4.78, 5) is 12.6.